The maximum absolute atomic E-state index is 12.4. The molecule has 0 saturated heterocycles. The molecule has 0 aromatic heterocycles. The van der Waals surface area contributed by atoms with Gasteiger partial charge in [0.1, 0.15) is 0 Å². The first-order chi connectivity index (χ1) is 12.9. The Kier molecular flexibility index (Phi) is 7.61. The molecule has 152 valence electrons. The number of likely N-dealkylation sites (N-methyl/N-ethyl adjacent to an activating group) is 1. The fourth-order valence-corrected chi connectivity index (χ4v) is 3.84. The number of hydrogen-bond donors (Lipinski definition) is 2. The molecule has 0 heterocycles. The summed E-state index contributed by atoms with van der Waals surface area (Å²) in [6.45, 7) is 1.88. The molecule has 28 heavy (non-hydrogen) atoms. The van der Waals surface area contributed by atoms with E-state index in [4.69, 9.17) is 51.5 Å². The first-order valence-electron chi connectivity index (χ1n) is 7.87. The fraction of sp³-hybridized carbons (Fsp3) is 0.235. The van der Waals surface area contributed by atoms with E-state index in [0.29, 0.717) is 0 Å². The highest BCUT2D eigenvalue weighted by Crippen LogP contribution is 2.41. The van der Waals surface area contributed by atoms with Gasteiger partial charge in [0.25, 0.3) is 0 Å². The molecule has 0 saturated carbocycles. The summed E-state index contributed by atoms with van der Waals surface area (Å²) < 4.78 is 22.7. The second-order valence-electron chi connectivity index (χ2n) is 6.10. The van der Waals surface area contributed by atoms with Gasteiger partial charge in [-0.05, 0) is 37.7 Å². The summed E-state index contributed by atoms with van der Waals surface area (Å²) in [6.07, 6.45) is 0. The molecule has 2 rings (SSSR count). The standard InChI is InChI=1S/C17H17Cl4N3O3S/c1-9(10-3-5-11(6-4-10)28(22,26)27)24(2)8-14(25)23-17-15(20)12(18)7-13(19)16(17)21/h3-7,9H,8H2,1-2H3,(H,23,25)(H2,22,26,27). The molecule has 0 aliphatic rings. The van der Waals surface area contributed by atoms with Crippen molar-refractivity contribution in [1.82, 2.24) is 4.90 Å². The molecule has 1 atom stereocenters. The van der Waals surface area contributed by atoms with Crippen LogP contribution in [-0.2, 0) is 14.8 Å². The van der Waals surface area contributed by atoms with E-state index in [1.165, 1.54) is 18.2 Å². The smallest absolute Gasteiger partial charge is 0.238 e. The van der Waals surface area contributed by atoms with Crippen molar-refractivity contribution < 1.29 is 13.2 Å². The average Bonchev–Trinajstić information content (AvgIpc) is 2.62. The zero-order valence-corrected chi connectivity index (χ0v) is 18.7. The molecule has 0 fully saturated rings. The summed E-state index contributed by atoms with van der Waals surface area (Å²) >= 11 is 24.1. The third-order valence-electron chi connectivity index (χ3n) is 4.12. The van der Waals surface area contributed by atoms with Gasteiger partial charge < -0.3 is 5.32 Å². The van der Waals surface area contributed by atoms with Crippen LogP contribution in [0.15, 0.2) is 35.2 Å². The van der Waals surface area contributed by atoms with Crippen LogP contribution in [0.1, 0.15) is 18.5 Å². The molecule has 2 aromatic carbocycles. The largest absolute Gasteiger partial charge is 0.322 e. The lowest BCUT2D eigenvalue weighted by Gasteiger charge is -2.25. The van der Waals surface area contributed by atoms with Gasteiger partial charge in [-0.3, -0.25) is 9.69 Å². The number of nitrogens with two attached hydrogens (primary N) is 1. The zero-order chi connectivity index (χ0) is 21.2. The summed E-state index contributed by atoms with van der Waals surface area (Å²) in [6, 6.07) is 7.33. The number of hydrogen-bond acceptors (Lipinski definition) is 4. The van der Waals surface area contributed by atoms with Crippen molar-refractivity contribution in [2.75, 3.05) is 18.9 Å². The molecule has 11 heteroatoms. The number of primary sulfonamides is 1. The van der Waals surface area contributed by atoms with Gasteiger partial charge in [0.05, 0.1) is 37.2 Å². The van der Waals surface area contributed by atoms with Gasteiger partial charge in [-0.15, -0.1) is 0 Å². The number of anilines is 1. The van der Waals surface area contributed by atoms with Crippen LogP contribution in [0.5, 0.6) is 0 Å². The molecule has 0 radical (unpaired) electrons. The number of sulfonamides is 1. The molecular weight excluding hydrogens is 468 g/mol. The number of rotatable bonds is 6. The van der Waals surface area contributed by atoms with Gasteiger partial charge in [0.2, 0.25) is 15.9 Å². The van der Waals surface area contributed by atoms with Crippen molar-refractivity contribution in [3.63, 3.8) is 0 Å². The molecule has 1 unspecified atom stereocenters. The molecular formula is C17H17Cl4N3O3S. The second kappa shape index (κ2) is 9.17. The van der Waals surface area contributed by atoms with E-state index in [2.05, 4.69) is 5.32 Å². The van der Waals surface area contributed by atoms with Gasteiger partial charge in [-0.25, -0.2) is 13.6 Å². The minimum atomic E-state index is -3.76. The molecule has 1 amide bonds. The maximum Gasteiger partial charge on any atom is 0.238 e. The fourth-order valence-electron chi connectivity index (χ4n) is 2.42. The molecule has 0 aliphatic heterocycles. The van der Waals surface area contributed by atoms with Crippen LogP contribution in [0.4, 0.5) is 5.69 Å². The Balaban J connectivity index is 2.10. The first kappa shape index (κ1) is 23.2. The second-order valence-corrected chi connectivity index (χ2v) is 9.23. The Bertz CT molecular complexity index is 971. The van der Waals surface area contributed by atoms with Gasteiger partial charge in [0, 0.05) is 6.04 Å². The first-order valence-corrected chi connectivity index (χ1v) is 10.9. The molecule has 0 aliphatic carbocycles. The number of nitrogens with one attached hydrogen (secondary N) is 1. The highest BCUT2D eigenvalue weighted by molar-refractivity contribution is 7.89. The van der Waals surface area contributed by atoms with Crippen molar-refractivity contribution in [2.24, 2.45) is 5.14 Å². The van der Waals surface area contributed by atoms with Crippen molar-refractivity contribution in [3.8, 4) is 0 Å². The minimum absolute atomic E-state index is 0.00883. The predicted molar refractivity (Wildman–Crippen MR) is 114 cm³/mol. The van der Waals surface area contributed by atoms with Crippen molar-refractivity contribution in [2.45, 2.75) is 17.9 Å². The van der Waals surface area contributed by atoms with Crippen LogP contribution in [-0.4, -0.2) is 32.8 Å². The van der Waals surface area contributed by atoms with Gasteiger partial charge in [-0.1, -0.05) is 58.5 Å². The van der Waals surface area contributed by atoms with Crippen LogP contribution in [0.25, 0.3) is 0 Å². The van der Waals surface area contributed by atoms with Crippen LogP contribution >= 0.6 is 46.4 Å². The highest BCUT2D eigenvalue weighted by atomic mass is 35.5. The van der Waals surface area contributed by atoms with E-state index in [9.17, 15) is 13.2 Å². The lowest BCUT2D eigenvalue weighted by Crippen LogP contribution is -2.32. The van der Waals surface area contributed by atoms with Gasteiger partial charge in [-0.2, -0.15) is 0 Å². The van der Waals surface area contributed by atoms with E-state index < -0.39 is 10.0 Å². The summed E-state index contributed by atoms with van der Waals surface area (Å²) in [7, 11) is -2.02. The highest BCUT2D eigenvalue weighted by Gasteiger charge is 2.19. The predicted octanol–water partition coefficient (Wildman–Crippen LogP) is 4.58. The Hall–Kier alpha value is -1.06. The monoisotopic (exact) mass is 483 g/mol. The lowest BCUT2D eigenvalue weighted by molar-refractivity contribution is -0.117. The maximum atomic E-state index is 12.4. The van der Waals surface area contributed by atoms with Crippen molar-refractivity contribution >= 4 is 68.0 Å². The quantitative estimate of drug-likeness (QED) is 0.587. The van der Waals surface area contributed by atoms with E-state index in [1.54, 1.807) is 24.1 Å². The van der Waals surface area contributed by atoms with Crippen LogP contribution in [0, 0.1) is 0 Å². The molecule has 0 bridgehead atoms. The zero-order valence-electron chi connectivity index (χ0n) is 14.8. The number of carbonyl (C=O) groups is 1. The number of benzene rings is 2. The van der Waals surface area contributed by atoms with Crippen LogP contribution in [0.2, 0.25) is 20.1 Å². The van der Waals surface area contributed by atoms with Gasteiger partial charge >= 0.3 is 0 Å². The molecule has 0 spiro atoms. The van der Waals surface area contributed by atoms with E-state index in [0.717, 1.165) is 5.56 Å². The third kappa shape index (κ3) is 5.51. The summed E-state index contributed by atoms with van der Waals surface area (Å²) in [5.74, 6) is -0.377. The Morgan fingerprint density at radius 1 is 1.11 bits per heavy atom. The normalized spacial score (nSPS) is 12.9. The summed E-state index contributed by atoms with van der Waals surface area (Å²) in [5.41, 5.74) is 0.953. The van der Waals surface area contributed by atoms with Crippen LogP contribution in [0.3, 0.4) is 0 Å². The molecule has 2 aromatic rings. The van der Waals surface area contributed by atoms with E-state index in [-0.39, 0.29) is 49.2 Å². The number of halogens is 4. The van der Waals surface area contributed by atoms with E-state index in [1.807, 2.05) is 6.92 Å². The van der Waals surface area contributed by atoms with Crippen molar-refractivity contribution in [1.29, 1.82) is 0 Å². The Labute approximate surface area is 183 Å². The molecule has 6 nitrogen and oxygen atoms in total. The SMILES string of the molecule is CC(c1ccc(S(N)(=O)=O)cc1)N(C)CC(=O)Nc1c(Cl)c(Cl)cc(Cl)c1Cl. The Morgan fingerprint density at radius 3 is 2.07 bits per heavy atom. The lowest BCUT2D eigenvalue weighted by atomic mass is 10.1. The third-order valence-corrected chi connectivity index (χ3v) is 6.63. The number of nitrogens with zero attached hydrogens (tertiary/aromatic N) is 1. The van der Waals surface area contributed by atoms with E-state index >= 15 is 0 Å². The Morgan fingerprint density at radius 2 is 1.61 bits per heavy atom. The average molecular weight is 485 g/mol. The molecule has 3 N–H and O–H groups in total. The summed E-state index contributed by atoms with van der Waals surface area (Å²) in [5, 5.41) is 8.24. The van der Waals surface area contributed by atoms with Gasteiger partial charge in [0.15, 0.2) is 0 Å². The van der Waals surface area contributed by atoms with Crippen LogP contribution < -0.4 is 10.5 Å². The number of amides is 1. The number of carbonyl (C=O) groups excluding carboxylic acids is 1. The topological polar surface area (TPSA) is 92.5 Å². The van der Waals surface area contributed by atoms with Crippen molar-refractivity contribution in [3.05, 3.63) is 56.0 Å². The summed E-state index contributed by atoms with van der Waals surface area (Å²) in [4.78, 5) is 14.2. The minimum Gasteiger partial charge on any atom is -0.322 e.